The molecule has 0 aliphatic heterocycles. The van der Waals surface area contributed by atoms with Gasteiger partial charge in [0.1, 0.15) is 0 Å². The van der Waals surface area contributed by atoms with Gasteiger partial charge in [0.05, 0.1) is 11.7 Å². The molecule has 0 radical (unpaired) electrons. The fourth-order valence-electron chi connectivity index (χ4n) is 2.05. The summed E-state index contributed by atoms with van der Waals surface area (Å²) in [6.45, 7) is 4.35. The lowest BCUT2D eigenvalue weighted by Crippen LogP contribution is -2.30. The number of aryl methyl sites for hydroxylation is 1. The first kappa shape index (κ1) is 14.2. The predicted molar refractivity (Wildman–Crippen MR) is 78.4 cm³/mol. The summed E-state index contributed by atoms with van der Waals surface area (Å²) >= 11 is 3.40. The van der Waals surface area contributed by atoms with Crippen LogP contribution in [-0.4, -0.2) is 15.0 Å². The number of rotatable bonds is 4. The van der Waals surface area contributed by atoms with E-state index in [4.69, 9.17) is 5.84 Å². The highest BCUT2D eigenvalue weighted by molar-refractivity contribution is 9.10. The van der Waals surface area contributed by atoms with Gasteiger partial charge >= 0.3 is 0 Å². The molecule has 2 aromatic rings. The average Bonchev–Trinajstić information content (AvgIpc) is 2.72. The Hall–Kier alpha value is -1.24. The van der Waals surface area contributed by atoms with E-state index >= 15 is 0 Å². The Morgan fingerprint density at radius 3 is 2.21 bits per heavy atom. The largest absolute Gasteiger partial charge is 0.271 e. The Balaban J connectivity index is 2.37. The number of hydrazine groups is 1. The lowest BCUT2D eigenvalue weighted by atomic mass is 9.98. The number of benzene rings is 1. The van der Waals surface area contributed by atoms with Gasteiger partial charge in [0.2, 0.25) is 0 Å². The standard InChI is InChI=1S/C13H18BrN5/c1-8(2)9-4-6-10(7-5-9)11(16-15)12-13(14)17-18-19(12)3/h4-8,11,16H,15H2,1-3H3. The highest BCUT2D eigenvalue weighted by Crippen LogP contribution is 2.27. The van der Waals surface area contributed by atoms with Crippen molar-refractivity contribution in [2.24, 2.45) is 12.9 Å². The van der Waals surface area contributed by atoms with Gasteiger partial charge in [0, 0.05) is 7.05 Å². The monoisotopic (exact) mass is 323 g/mol. The van der Waals surface area contributed by atoms with Gasteiger partial charge in [-0.1, -0.05) is 43.3 Å². The second-order valence-corrected chi connectivity index (χ2v) is 5.56. The molecule has 102 valence electrons. The number of nitrogens with two attached hydrogens (primary N) is 1. The minimum absolute atomic E-state index is 0.143. The van der Waals surface area contributed by atoms with Gasteiger partial charge in [0.25, 0.3) is 0 Å². The highest BCUT2D eigenvalue weighted by Gasteiger charge is 2.20. The molecule has 3 N–H and O–H groups in total. The molecule has 0 aliphatic rings. The smallest absolute Gasteiger partial charge is 0.153 e. The molecule has 1 aromatic carbocycles. The van der Waals surface area contributed by atoms with E-state index in [9.17, 15) is 0 Å². The van der Waals surface area contributed by atoms with Crippen LogP contribution in [0.1, 0.15) is 42.6 Å². The topological polar surface area (TPSA) is 68.8 Å². The minimum Gasteiger partial charge on any atom is -0.271 e. The Labute approximate surface area is 121 Å². The highest BCUT2D eigenvalue weighted by atomic mass is 79.9. The van der Waals surface area contributed by atoms with Crippen LogP contribution in [0.3, 0.4) is 0 Å². The zero-order valence-corrected chi connectivity index (χ0v) is 12.8. The summed E-state index contributed by atoms with van der Waals surface area (Å²) in [7, 11) is 1.85. The van der Waals surface area contributed by atoms with Gasteiger partial charge in [-0.2, -0.15) is 0 Å². The second kappa shape index (κ2) is 5.81. The maximum absolute atomic E-state index is 5.69. The van der Waals surface area contributed by atoms with Crippen molar-refractivity contribution in [3.05, 3.63) is 45.7 Å². The number of hydrogen-bond donors (Lipinski definition) is 2. The van der Waals surface area contributed by atoms with Crippen LogP contribution in [0.15, 0.2) is 28.9 Å². The molecule has 1 heterocycles. The first-order valence-corrected chi connectivity index (χ1v) is 6.95. The molecule has 0 spiro atoms. The molecule has 0 fully saturated rings. The summed E-state index contributed by atoms with van der Waals surface area (Å²) < 4.78 is 2.41. The quantitative estimate of drug-likeness (QED) is 0.669. The van der Waals surface area contributed by atoms with Crippen LogP contribution in [-0.2, 0) is 7.05 Å². The first-order chi connectivity index (χ1) is 9.04. The van der Waals surface area contributed by atoms with Crippen LogP contribution in [0.25, 0.3) is 0 Å². The van der Waals surface area contributed by atoms with Crippen molar-refractivity contribution in [1.82, 2.24) is 20.4 Å². The van der Waals surface area contributed by atoms with E-state index < -0.39 is 0 Å². The van der Waals surface area contributed by atoms with Crippen molar-refractivity contribution < 1.29 is 0 Å². The number of nitrogens with one attached hydrogen (secondary N) is 1. The summed E-state index contributed by atoms with van der Waals surface area (Å²) in [5.74, 6) is 6.21. The normalized spacial score (nSPS) is 12.9. The third kappa shape index (κ3) is 2.86. The summed E-state index contributed by atoms with van der Waals surface area (Å²) in [6.07, 6.45) is 0. The SMILES string of the molecule is CC(C)c1ccc(C(NN)c2c(Br)nnn2C)cc1. The fourth-order valence-corrected chi connectivity index (χ4v) is 2.61. The van der Waals surface area contributed by atoms with Crippen molar-refractivity contribution in [3.8, 4) is 0 Å². The van der Waals surface area contributed by atoms with E-state index in [1.165, 1.54) is 5.56 Å². The number of aromatic nitrogens is 3. The van der Waals surface area contributed by atoms with Gasteiger partial charge < -0.3 is 0 Å². The average molecular weight is 324 g/mol. The maximum atomic E-state index is 5.69. The van der Waals surface area contributed by atoms with E-state index in [2.05, 4.69) is 69.8 Å². The van der Waals surface area contributed by atoms with Crippen LogP contribution < -0.4 is 11.3 Å². The summed E-state index contributed by atoms with van der Waals surface area (Å²) in [5.41, 5.74) is 6.11. The molecule has 0 saturated carbocycles. The summed E-state index contributed by atoms with van der Waals surface area (Å²) in [6, 6.07) is 8.28. The van der Waals surface area contributed by atoms with Crippen molar-refractivity contribution in [2.75, 3.05) is 0 Å². The summed E-state index contributed by atoms with van der Waals surface area (Å²) in [4.78, 5) is 0. The van der Waals surface area contributed by atoms with E-state index in [1.54, 1.807) is 4.68 Å². The molecule has 1 atom stereocenters. The fraction of sp³-hybridized carbons (Fsp3) is 0.385. The molecular weight excluding hydrogens is 306 g/mol. The molecule has 0 saturated heterocycles. The molecule has 0 aliphatic carbocycles. The Morgan fingerprint density at radius 1 is 1.21 bits per heavy atom. The lowest BCUT2D eigenvalue weighted by Gasteiger charge is -2.17. The molecule has 0 amide bonds. The van der Waals surface area contributed by atoms with Crippen molar-refractivity contribution in [1.29, 1.82) is 0 Å². The second-order valence-electron chi connectivity index (χ2n) is 4.81. The third-order valence-electron chi connectivity index (χ3n) is 3.20. The molecule has 1 unspecified atom stereocenters. The molecule has 19 heavy (non-hydrogen) atoms. The Bertz CT molecular complexity index is 527. The van der Waals surface area contributed by atoms with E-state index in [-0.39, 0.29) is 6.04 Å². The van der Waals surface area contributed by atoms with Crippen LogP contribution in [0.4, 0.5) is 0 Å². The predicted octanol–water partition coefficient (Wildman–Crippen LogP) is 2.25. The minimum atomic E-state index is -0.143. The van der Waals surface area contributed by atoms with E-state index in [0.717, 1.165) is 11.3 Å². The van der Waals surface area contributed by atoms with Gasteiger partial charge in [-0.25, -0.2) is 10.1 Å². The molecule has 2 rings (SSSR count). The number of nitrogens with zero attached hydrogens (tertiary/aromatic N) is 3. The number of hydrogen-bond acceptors (Lipinski definition) is 4. The zero-order chi connectivity index (χ0) is 14.0. The van der Waals surface area contributed by atoms with E-state index in [0.29, 0.717) is 10.5 Å². The van der Waals surface area contributed by atoms with Crippen LogP contribution in [0.5, 0.6) is 0 Å². The zero-order valence-electron chi connectivity index (χ0n) is 11.3. The molecule has 1 aromatic heterocycles. The van der Waals surface area contributed by atoms with Crippen molar-refractivity contribution >= 4 is 15.9 Å². The molecular formula is C13H18BrN5. The molecule has 6 heteroatoms. The molecule has 0 bridgehead atoms. The Kier molecular flexibility index (Phi) is 4.34. The van der Waals surface area contributed by atoms with Crippen LogP contribution in [0.2, 0.25) is 0 Å². The lowest BCUT2D eigenvalue weighted by molar-refractivity contribution is 0.569. The first-order valence-electron chi connectivity index (χ1n) is 6.15. The maximum Gasteiger partial charge on any atom is 0.153 e. The van der Waals surface area contributed by atoms with Crippen LogP contribution >= 0.6 is 15.9 Å². The Morgan fingerprint density at radius 2 is 1.79 bits per heavy atom. The van der Waals surface area contributed by atoms with Gasteiger partial charge in [-0.15, -0.1) is 5.10 Å². The van der Waals surface area contributed by atoms with Gasteiger partial charge in [-0.3, -0.25) is 5.84 Å². The van der Waals surface area contributed by atoms with E-state index in [1.807, 2.05) is 7.05 Å². The van der Waals surface area contributed by atoms with Gasteiger partial charge in [0.15, 0.2) is 4.60 Å². The summed E-state index contributed by atoms with van der Waals surface area (Å²) in [5, 5.41) is 7.97. The van der Waals surface area contributed by atoms with Crippen molar-refractivity contribution in [3.63, 3.8) is 0 Å². The van der Waals surface area contributed by atoms with Gasteiger partial charge in [-0.05, 0) is 33.0 Å². The third-order valence-corrected chi connectivity index (χ3v) is 3.77. The number of halogens is 1. The molecule has 5 nitrogen and oxygen atoms in total. The van der Waals surface area contributed by atoms with Crippen LogP contribution in [0, 0.1) is 0 Å². The van der Waals surface area contributed by atoms with Crippen molar-refractivity contribution in [2.45, 2.75) is 25.8 Å².